The summed E-state index contributed by atoms with van der Waals surface area (Å²) in [4.78, 5) is 18.0. The van der Waals surface area contributed by atoms with Crippen LogP contribution in [-0.4, -0.2) is 28.9 Å². The van der Waals surface area contributed by atoms with Gasteiger partial charge in [0.2, 0.25) is 5.91 Å². The molecule has 1 fully saturated rings. The van der Waals surface area contributed by atoms with Gasteiger partial charge in [-0.1, -0.05) is 25.1 Å². The van der Waals surface area contributed by atoms with Gasteiger partial charge < -0.3 is 9.88 Å². The van der Waals surface area contributed by atoms with Gasteiger partial charge in [0.15, 0.2) is 0 Å². The standard InChI is InChI=1S/C22H23FN2O/c1-15-12-13-25(14-15)21(26)11-10-19-18-4-2-3-5-20(18)24-22(19)16-6-8-17(23)9-7-16/h2-9,15,24H,10-14H2,1H3. The highest BCUT2D eigenvalue weighted by Crippen LogP contribution is 2.31. The Morgan fingerprint density at radius 1 is 1.19 bits per heavy atom. The fourth-order valence-electron chi connectivity index (χ4n) is 3.87. The summed E-state index contributed by atoms with van der Waals surface area (Å²) in [5.41, 5.74) is 4.10. The molecule has 4 rings (SSSR count). The number of aromatic amines is 1. The van der Waals surface area contributed by atoms with E-state index < -0.39 is 0 Å². The number of carbonyl (C=O) groups is 1. The molecule has 2 heterocycles. The van der Waals surface area contributed by atoms with E-state index in [1.807, 2.05) is 23.1 Å². The van der Waals surface area contributed by atoms with Crippen molar-refractivity contribution >= 4 is 16.8 Å². The van der Waals surface area contributed by atoms with Crippen LogP contribution in [0.3, 0.4) is 0 Å². The number of H-pyrrole nitrogens is 1. The molecule has 0 bridgehead atoms. The average molecular weight is 350 g/mol. The van der Waals surface area contributed by atoms with Crippen molar-refractivity contribution in [3.05, 3.63) is 59.9 Å². The quantitative estimate of drug-likeness (QED) is 0.722. The molecule has 1 unspecified atom stereocenters. The number of benzene rings is 2. The minimum absolute atomic E-state index is 0.227. The van der Waals surface area contributed by atoms with E-state index in [9.17, 15) is 9.18 Å². The second-order valence-electron chi connectivity index (χ2n) is 7.26. The molecule has 3 aromatic rings. The summed E-state index contributed by atoms with van der Waals surface area (Å²) >= 11 is 0. The topological polar surface area (TPSA) is 36.1 Å². The van der Waals surface area contributed by atoms with Gasteiger partial charge in [0, 0.05) is 36.1 Å². The van der Waals surface area contributed by atoms with Crippen molar-refractivity contribution in [2.24, 2.45) is 5.92 Å². The van der Waals surface area contributed by atoms with Crippen LogP contribution >= 0.6 is 0 Å². The van der Waals surface area contributed by atoms with Gasteiger partial charge in [0.05, 0.1) is 0 Å². The number of hydrogen-bond acceptors (Lipinski definition) is 1. The summed E-state index contributed by atoms with van der Waals surface area (Å²) in [6.07, 6.45) is 2.28. The third-order valence-electron chi connectivity index (χ3n) is 5.31. The van der Waals surface area contributed by atoms with Crippen LogP contribution in [-0.2, 0) is 11.2 Å². The molecule has 3 nitrogen and oxygen atoms in total. The maximum absolute atomic E-state index is 13.3. The van der Waals surface area contributed by atoms with E-state index in [1.165, 1.54) is 12.1 Å². The zero-order valence-electron chi connectivity index (χ0n) is 15.0. The lowest BCUT2D eigenvalue weighted by Gasteiger charge is -2.16. The molecule has 1 amide bonds. The molecule has 2 aromatic carbocycles. The number of hydrogen-bond donors (Lipinski definition) is 1. The van der Waals surface area contributed by atoms with E-state index in [4.69, 9.17) is 0 Å². The number of carbonyl (C=O) groups excluding carboxylic acids is 1. The van der Waals surface area contributed by atoms with Crippen LogP contribution in [0, 0.1) is 11.7 Å². The first-order valence-corrected chi connectivity index (χ1v) is 9.25. The molecule has 1 aliphatic heterocycles. The third-order valence-corrected chi connectivity index (χ3v) is 5.31. The van der Waals surface area contributed by atoms with E-state index in [-0.39, 0.29) is 11.7 Å². The Kier molecular flexibility index (Phi) is 4.49. The number of likely N-dealkylation sites (tertiary alicyclic amines) is 1. The normalized spacial score (nSPS) is 17.2. The first kappa shape index (κ1) is 16.8. The smallest absolute Gasteiger partial charge is 0.222 e. The number of fused-ring (bicyclic) bond motifs is 1. The van der Waals surface area contributed by atoms with Crippen LogP contribution in [0.4, 0.5) is 4.39 Å². The van der Waals surface area contributed by atoms with Crippen LogP contribution in [0.1, 0.15) is 25.3 Å². The summed E-state index contributed by atoms with van der Waals surface area (Å²) in [7, 11) is 0. The van der Waals surface area contributed by atoms with E-state index in [0.29, 0.717) is 18.8 Å². The lowest BCUT2D eigenvalue weighted by atomic mass is 10.0. The Bertz CT molecular complexity index is 929. The number of aromatic nitrogens is 1. The summed E-state index contributed by atoms with van der Waals surface area (Å²) in [6, 6.07) is 14.6. The van der Waals surface area contributed by atoms with Crippen LogP contribution in [0.15, 0.2) is 48.5 Å². The van der Waals surface area contributed by atoms with Crippen molar-refractivity contribution in [2.45, 2.75) is 26.2 Å². The molecule has 4 heteroatoms. The lowest BCUT2D eigenvalue weighted by Crippen LogP contribution is -2.28. The number of halogens is 1. The highest BCUT2D eigenvalue weighted by Gasteiger charge is 2.23. The highest BCUT2D eigenvalue weighted by molar-refractivity contribution is 5.91. The average Bonchev–Trinajstić information content (AvgIpc) is 3.24. The highest BCUT2D eigenvalue weighted by atomic mass is 19.1. The number of amides is 1. The Morgan fingerprint density at radius 3 is 2.69 bits per heavy atom. The number of rotatable bonds is 4. The van der Waals surface area contributed by atoms with E-state index in [0.717, 1.165) is 47.2 Å². The monoisotopic (exact) mass is 350 g/mol. The van der Waals surface area contributed by atoms with Crippen molar-refractivity contribution in [1.82, 2.24) is 9.88 Å². The molecule has 0 radical (unpaired) electrons. The van der Waals surface area contributed by atoms with Gasteiger partial charge >= 0.3 is 0 Å². The maximum Gasteiger partial charge on any atom is 0.222 e. The fraction of sp³-hybridized carbons (Fsp3) is 0.318. The van der Waals surface area contributed by atoms with Crippen molar-refractivity contribution in [3.8, 4) is 11.3 Å². The van der Waals surface area contributed by atoms with Gasteiger partial charge in [-0.2, -0.15) is 0 Å². The molecule has 1 aliphatic rings. The van der Waals surface area contributed by atoms with Gasteiger partial charge in [-0.25, -0.2) is 4.39 Å². The van der Waals surface area contributed by atoms with Crippen LogP contribution < -0.4 is 0 Å². The molecule has 1 N–H and O–H groups in total. The minimum Gasteiger partial charge on any atom is -0.354 e. The van der Waals surface area contributed by atoms with E-state index in [2.05, 4.69) is 18.0 Å². The molecule has 134 valence electrons. The predicted octanol–water partition coefficient (Wildman–Crippen LogP) is 4.78. The largest absolute Gasteiger partial charge is 0.354 e. The Balaban J connectivity index is 1.63. The molecular formula is C22H23FN2O. The fourth-order valence-corrected chi connectivity index (χ4v) is 3.87. The summed E-state index contributed by atoms with van der Waals surface area (Å²) in [5.74, 6) is 0.580. The van der Waals surface area contributed by atoms with Gasteiger partial charge in [-0.05, 0) is 60.2 Å². The Morgan fingerprint density at radius 2 is 1.96 bits per heavy atom. The first-order valence-electron chi connectivity index (χ1n) is 9.25. The number of nitrogens with one attached hydrogen (secondary N) is 1. The van der Waals surface area contributed by atoms with E-state index in [1.54, 1.807) is 12.1 Å². The maximum atomic E-state index is 13.3. The van der Waals surface area contributed by atoms with Gasteiger partial charge in [0.1, 0.15) is 5.82 Å². The summed E-state index contributed by atoms with van der Waals surface area (Å²) in [5, 5.41) is 1.13. The molecule has 0 saturated carbocycles. The Labute approximate surface area is 152 Å². The SMILES string of the molecule is CC1CCN(C(=O)CCc2c(-c3ccc(F)cc3)[nH]c3ccccc23)C1. The second-order valence-corrected chi connectivity index (χ2v) is 7.26. The van der Waals surface area contributed by atoms with Gasteiger partial charge in [-0.3, -0.25) is 4.79 Å². The molecule has 1 atom stereocenters. The summed E-state index contributed by atoms with van der Waals surface area (Å²) in [6.45, 7) is 3.94. The Hall–Kier alpha value is -2.62. The third kappa shape index (κ3) is 3.24. The van der Waals surface area contributed by atoms with Crippen molar-refractivity contribution in [1.29, 1.82) is 0 Å². The van der Waals surface area contributed by atoms with Crippen molar-refractivity contribution in [2.75, 3.05) is 13.1 Å². The van der Waals surface area contributed by atoms with Crippen molar-refractivity contribution < 1.29 is 9.18 Å². The molecule has 1 saturated heterocycles. The van der Waals surface area contributed by atoms with Gasteiger partial charge in [0.25, 0.3) is 0 Å². The molecular weight excluding hydrogens is 327 g/mol. The molecule has 1 aromatic heterocycles. The minimum atomic E-state index is -0.246. The number of nitrogens with zero attached hydrogens (tertiary/aromatic N) is 1. The zero-order valence-corrected chi connectivity index (χ0v) is 15.0. The van der Waals surface area contributed by atoms with Crippen LogP contribution in [0.2, 0.25) is 0 Å². The second kappa shape index (κ2) is 6.94. The molecule has 0 spiro atoms. The molecule has 26 heavy (non-hydrogen) atoms. The number of para-hydroxylation sites is 1. The van der Waals surface area contributed by atoms with E-state index >= 15 is 0 Å². The number of aryl methyl sites for hydroxylation is 1. The zero-order chi connectivity index (χ0) is 18.1. The van der Waals surface area contributed by atoms with Crippen LogP contribution in [0.5, 0.6) is 0 Å². The summed E-state index contributed by atoms with van der Waals surface area (Å²) < 4.78 is 13.3. The first-order chi connectivity index (χ1) is 12.6. The van der Waals surface area contributed by atoms with Gasteiger partial charge in [-0.15, -0.1) is 0 Å². The molecule has 0 aliphatic carbocycles. The lowest BCUT2D eigenvalue weighted by molar-refractivity contribution is -0.130. The van der Waals surface area contributed by atoms with Crippen LogP contribution in [0.25, 0.3) is 22.2 Å². The predicted molar refractivity (Wildman–Crippen MR) is 102 cm³/mol. The van der Waals surface area contributed by atoms with Crippen molar-refractivity contribution in [3.63, 3.8) is 0 Å².